The number of hydrogen-bond donors (Lipinski definition) is 2. The van der Waals surface area contributed by atoms with Crippen LogP contribution in [-0.4, -0.2) is 6.04 Å². The maximum absolute atomic E-state index is 13.4. The third-order valence-electron chi connectivity index (χ3n) is 3.01. The highest BCUT2D eigenvalue weighted by molar-refractivity contribution is 5.40. The molecule has 0 aliphatic heterocycles. The zero-order valence-corrected chi connectivity index (χ0v) is 8.80. The van der Waals surface area contributed by atoms with E-state index in [1.54, 1.807) is 12.1 Å². The summed E-state index contributed by atoms with van der Waals surface area (Å²) < 4.78 is 13.4. The average molecular weight is 208 g/mol. The lowest BCUT2D eigenvalue weighted by atomic mass is 10.1. The van der Waals surface area contributed by atoms with E-state index < -0.39 is 0 Å². The van der Waals surface area contributed by atoms with Crippen molar-refractivity contribution in [2.75, 3.05) is 5.73 Å². The molecule has 2 rings (SSSR count). The van der Waals surface area contributed by atoms with Crippen LogP contribution in [-0.2, 0) is 6.54 Å². The van der Waals surface area contributed by atoms with Crippen molar-refractivity contribution in [2.45, 2.75) is 38.3 Å². The van der Waals surface area contributed by atoms with Crippen LogP contribution in [0.3, 0.4) is 0 Å². The van der Waals surface area contributed by atoms with Crippen LogP contribution in [0.1, 0.15) is 31.2 Å². The number of halogens is 1. The van der Waals surface area contributed by atoms with Gasteiger partial charge < -0.3 is 11.1 Å². The van der Waals surface area contributed by atoms with Crippen molar-refractivity contribution in [1.82, 2.24) is 5.32 Å². The second-order valence-corrected chi connectivity index (χ2v) is 4.21. The fraction of sp³-hybridized carbons (Fsp3) is 0.500. The van der Waals surface area contributed by atoms with Gasteiger partial charge in [0.05, 0.1) is 0 Å². The number of nitrogens with two attached hydrogens (primary N) is 1. The molecule has 0 bridgehead atoms. The normalized spacial score (nSPS) is 17.1. The van der Waals surface area contributed by atoms with Crippen molar-refractivity contribution in [1.29, 1.82) is 0 Å². The molecule has 1 aromatic carbocycles. The van der Waals surface area contributed by atoms with E-state index in [2.05, 4.69) is 5.32 Å². The molecule has 0 heterocycles. The Morgan fingerprint density at radius 3 is 2.73 bits per heavy atom. The summed E-state index contributed by atoms with van der Waals surface area (Å²) in [7, 11) is 0. The fourth-order valence-electron chi connectivity index (χ4n) is 2.09. The zero-order chi connectivity index (χ0) is 10.7. The van der Waals surface area contributed by atoms with Crippen LogP contribution in [0, 0.1) is 5.82 Å². The lowest BCUT2D eigenvalue weighted by Gasteiger charge is -2.12. The van der Waals surface area contributed by atoms with Gasteiger partial charge in [0.2, 0.25) is 0 Å². The van der Waals surface area contributed by atoms with Gasteiger partial charge in [0.1, 0.15) is 5.82 Å². The summed E-state index contributed by atoms with van der Waals surface area (Å²) in [6, 6.07) is 5.45. The van der Waals surface area contributed by atoms with Gasteiger partial charge in [-0.2, -0.15) is 0 Å². The highest BCUT2D eigenvalue weighted by Gasteiger charge is 2.14. The molecule has 0 unspecified atom stereocenters. The van der Waals surface area contributed by atoms with Crippen LogP contribution in [0.2, 0.25) is 0 Å². The summed E-state index contributed by atoms with van der Waals surface area (Å²) in [6.07, 6.45) is 5.02. The summed E-state index contributed by atoms with van der Waals surface area (Å²) in [4.78, 5) is 0. The van der Waals surface area contributed by atoms with E-state index in [-0.39, 0.29) is 5.82 Å². The average Bonchev–Trinajstić information content (AvgIpc) is 2.69. The first-order valence-electron chi connectivity index (χ1n) is 5.53. The summed E-state index contributed by atoms with van der Waals surface area (Å²) >= 11 is 0. The molecule has 3 N–H and O–H groups in total. The van der Waals surface area contributed by atoms with E-state index in [0.29, 0.717) is 23.8 Å². The zero-order valence-electron chi connectivity index (χ0n) is 8.80. The number of anilines is 1. The molecule has 0 atom stereocenters. The van der Waals surface area contributed by atoms with Crippen molar-refractivity contribution in [2.24, 2.45) is 0 Å². The standard InChI is InChI=1S/C12H17FN2/c13-12-7-10(14)6-5-9(12)8-15-11-3-1-2-4-11/h5-7,11,15H,1-4,8,14H2. The largest absolute Gasteiger partial charge is 0.399 e. The van der Waals surface area contributed by atoms with Gasteiger partial charge >= 0.3 is 0 Å². The molecule has 0 radical (unpaired) electrons. The molecule has 1 aliphatic carbocycles. The van der Waals surface area contributed by atoms with Crippen LogP contribution >= 0.6 is 0 Å². The van der Waals surface area contributed by atoms with Crippen molar-refractivity contribution in [3.05, 3.63) is 29.6 Å². The summed E-state index contributed by atoms with van der Waals surface area (Å²) in [5.74, 6) is -0.208. The maximum Gasteiger partial charge on any atom is 0.129 e. The molecular weight excluding hydrogens is 191 g/mol. The Morgan fingerprint density at radius 2 is 2.07 bits per heavy atom. The molecule has 0 amide bonds. The summed E-state index contributed by atoms with van der Waals surface area (Å²) in [5.41, 5.74) is 6.67. The predicted molar refractivity (Wildman–Crippen MR) is 59.9 cm³/mol. The van der Waals surface area contributed by atoms with E-state index in [0.717, 1.165) is 0 Å². The first-order valence-corrected chi connectivity index (χ1v) is 5.53. The number of hydrogen-bond acceptors (Lipinski definition) is 2. The Morgan fingerprint density at radius 1 is 1.33 bits per heavy atom. The Kier molecular flexibility index (Phi) is 3.21. The molecule has 15 heavy (non-hydrogen) atoms. The van der Waals surface area contributed by atoms with E-state index in [1.165, 1.54) is 31.7 Å². The van der Waals surface area contributed by atoms with Crippen molar-refractivity contribution >= 4 is 5.69 Å². The van der Waals surface area contributed by atoms with Crippen LogP contribution in [0.4, 0.5) is 10.1 Å². The lowest BCUT2D eigenvalue weighted by Crippen LogP contribution is -2.25. The Labute approximate surface area is 89.7 Å². The molecule has 1 aliphatic rings. The minimum absolute atomic E-state index is 0.208. The third kappa shape index (κ3) is 2.69. The van der Waals surface area contributed by atoms with E-state index in [9.17, 15) is 4.39 Å². The number of nitrogens with one attached hydrogen (secondary N) is 1. The molecule has 1 aromatic rings. The monoisotopic (exact) mass is 208 g/mol. The predicted octanol–water partition coefficient (Wildman–Crippen LogP) is 2.44. The number of benzene rings is 1. The van der Waals surface area contributed by atoms with Gasteiger partial charge in [0.15, 0.2) is 0 Å². The summed E-state index contributed by atoms with van der Waals surface area (Å²) in [6.45, 7) is 0.608. The SMILES string of the molecule is Nc1ccc(CNC2CCCC2)c(F)c1. The number of rotatable bonds is 3. The highest BCUT2D eigenvalue weighted by Crippen LogP contribution is 2.19. The number of nitrogen functional groups attached to an aromatic ring is 1. The fourth-order valence-corrected chi connectivity index (χ4v) is 2.09. The van der Waals surface area contributed by atoms with E-state index >= 15 is 0 Å². The summed E-state index contributed by atoms with van der Waals surface area (Å²) in [5, 5.41) is 3.38. The molecule has 3 heteroatoms. The first-order chi connectivity index (χ1) is 7.25. The maximum atomic E-state index is 13.4. The van der Waals surface area contributed by atoms with Crippen LogP contribution < -0.4 is 11.1 Å². The van der Waals surface area contributed by atoms with Crippen molar-refractivity contribution < 1.29 is 4.39 Å². The minimum Gasteiger partial charge on any atom is -0.399 e. The Hall–Kier alpha value is -1.09. The van der Waals surface area contributed by atoms with E-state index in [1.807, 2.05) is 0 Å². The molecule has 1 fully saturated rings. The van der Waals surface area contributed by atoms with Crippen LogP contribution in [0.25, 0.3) is 0 Å². The van der Waals surface area contributed by atoms with Gasteiger partial charge in [0, 0.05) is 23.8 Å². The van der Waals surface area contributed by atoms with Gasteiger partial charge in [-0.15, -0.1) is 0 Å². The van der Waals surface area contributed by atoms with Gasteiger partial charge in [-0.1, -0.05) is 18.9 Å². The molecule has 0 saturated heterocycles. The lowest BCUT2D eigenvalue weighted by molar-refractivity contribution is 0.509. The molecule has 2 nitrogen and oxygen atoms in total. The molecule has 1 saturated carbocycles. The van der Waals surface area contributed by atoms with Gasteiger partial charge in [0.25, 0.3) is 0 Å². The molecular formula is C12H17FN2. The smallest absolute Gasteiger partial charge is 0.129 e. The van der Waals surface area contributed by atoms with Gasteiger partial charge in [-0.25, -0.2) is 4.39 Å². The second kappa shape index (κ2) is 4.62. The van der Waals surface area contributed by atoms with E-state index in [4.69, 9.17) is 5.73 Å². The first kappa shape index (κ1) is 10.4. The van der Waals surface area contributed by atoms with Crippen LogP contribution in [0.15, 0.2) is 18.2 Å². The van der Waals surface area contributed by atoms with Crippen LogP contribution in [0.5, 0.6) is 0 Å². The third-order valence-corrected chi connectivity index (χ3v) is 3.01. The topological polar surface area (TPSA) is 38.0 Å². The second-order valence-electron chi connectivity index (χ2n) is 4.21. The molecule has 0 aromatic heterocycles. The van der Waals surface area contributed by atoms with Gasteiger partial charge in [-0.3, -0.25) is 0 Å². The molecule has 0 spiro atoms. The minimum atomic E-state index is -0.208. The Balaban J connectivity index is 1.92. The van der Waals surface area contributed by atoms with Crippen molar-refractivity contribution in [3.63, 3.8) is 0 Å². The van der Waals surface area contributed by atoms with Gasteiger partial charge in [-0.05, 0) is 25.0 Å². The Bertz CT molecular complexity index is 332. The molecule has 82 valence electrons. The highest BCUT2D eigenvalue weighted by atomic mass is 19.1. The van der Waals surface area contributed by atoms with Crippen molar-refractivity contribution in [3.8, 4) is 0 Å². The quantitative estimate of drug-likeness (QED) is 0.749.